The molecule has 0 N–H and O–H groups in total. The lowest BCUT2D eigenvalue weighted by atomic mass is 10.0. The molecule has 1 saturated heterocycles. The molecule has 0 bridgehead atoms. The average Bonchev–Trinajstić information content (AvgIpc) is 3.14. The molecule has 3 nitrogen and oxygen atoms in total. The number of anilines is 1. The van der Waals surface area contributed by atoms with E-state index >= 15 is 0 Å². The molecular weight excluding hydrogens is 378 g/mol. The van der Waals surface area contributed by atoms with E-state index in [0.29, 0.717) is 6.04 Å². The van der Waals surface area contributed by atoms with Gasteiger partial charge in [0.15, 0.2) is 0 Å². The summed E-state index contributed by atoms with van der Waals surface area (Å²) in [6.45, 7) is 8.42. The number of aromatic nitrogens is 1. The van der Waals surface area contributed by atoms with Gasteiger partial charge in [-0.2, -0.15) is 0 Å². The van der Waals surface area contributed by atoms with Crippen LogP contribution in [0.25, 0.3) is 22.0 Å². The van der Waals surface area contributed by atoms with E-state index in [0.717, 1.165) is 37.5 Å². The summed E-state index contributed by atoms with van der Waals surface area (Å²) in [5, 5.41) is 1.23. The Bertz CT molecular complexity index is 1240. The van der Waals surface area contributed by atoms with Crippen molar-refractivity contribution in [2.24, 2.45) is 0 Å². The summed E-state index contributed by atoms with van der Waals surface area (Å²) in [7, 11) is 0. The van der Waals surface area contributed by atoms with E-state index in [1.165, 1.54) is 38.8 Å². The Morgan fingerprint density at radius 3 is 2.06 bits per heavy atom. The lowest BCUT2D eigenvalue weighted by Gasteiger charge is -2.39. The van der Waals surface area contributed by atoms with Crippen molar-refractivity contribution in [2.45, 2.75) is 19.9 Å². The first-order chi connectivity index (χ1) is 15.2. The SMILES string of the molecule is Cc1ccc2cc(C)c(N3CCN(C4c5ccccc5-c5ccccc54)CC3)nc2c1. The number of hydrogen-bond donors (Lipinski definition) is 0. The number of hydrogen-bond acceptors (Lipinski definition) is 3. The number of pyridine rings is 1. The summed E-state index contributed by atoms with van der Waals surface area (Å²) in [6.07, 6.45) is 0. The van der Waals surface area contributed by atoms with Crippen LogP contribution in [0, 0.1) is 13.8 Å². The van der Waals surface area contributed by atoms with E-state index in [1.54, 1.807) is 0 Å². The monoisotopic (exact) mass is 405 g/mol. The van der Waals surface area contributed by atoms with Gasteiger partial charge in [-0.15, -0.1) is 0 Å². The van der Waals surface area contributed by atoms with Crippen molar-refractivity contribution in [3.05, 3.63) is 95.1 Å². The highest BCUT2D eigenvalue weighted by Gasteiger charge is 2.34. The zero-order valence-electron chi connectivity index (χ0n) is 18.2. The van der Waals surface area contributed by atoms with Crippen molar-refractivity contribution in [1.29, 1.82) is 0 Å². The highest BCUT2D eigenvalue weighted by atomic mass is 15.3. The molecule has 1 fully saturated rings. The molecule has 2 heterocycles. The van der Waals surface area contributed by atoms with Crippen molar-refractivity contribution in [3.8, 4) is 11.1 Å². The lowest BCUT2D eigenvalue weighted by molar-refractivity contribution is 0.215. The summed E-state index contributed by atoms with van der Waals surface area (Å²) in [4.78, 5) is 10.2. The minimum atomic E-state index is 0.364. The van der Waals surface area contributed by atoms with Gasteiger partial charge in [-0.3, -0.25) is 4.90 Å². The smallest absolute Gasteiger partial charge is 0.132 e. The Kier molecular flexibility index (Phi) is 4.32. The van der Waals surface area contributed by atoms with Gasteiger partial charge in [0, 0.05) is 31.6 Å². The lowest BCUT2D eigenvalue weighted by Crippen LogP contribution is -2.48. The van der Waals surface area contributed by atoms with Crippen LogP contribution in [0.4, 0.5) is 5.82 Å². The van der Waals surface area contributed by atoms with Crippen molar-refractivity contribution in [2.75, 3.05) is 31.1 Å². The topological polar surface area (TPSA) is 19.4 Å². The zero-order valence-corrected chi connectivity index (χ0v) is 18.2. The molecule has 0 unspecified atom stereocenters. The number of benzene rings is 3. The Morgan fingerprint density at radius 2 is 1.39 bits per heavy atom. The minimum Gasteiger partial charge on any atom is -0.354 e. The van der Waals surface area contributed by atoms with Crippen LogP contribution in [0.1, 0.15) is 28.3 Å². The summed E-state index contributed by atoms with van der Waals surface area (Å²) < 4.78 is 0. The molecule has 3 heteroatoms. The average molecular weight is 406 g/mol. The molecule has 0 spiro atoms. The van der Waals surface area contributed by atoms with Crippen LogP contribution in [0.3, 0.4) is 0 Å². The maximum absolute atomic E-state index is 5.06. The first-order valence-corrected chi connectivity index (χ1v) is 11.2. The van der Waals surface area contributed by atoms with E-state index in [9.17, 15) is 0 Å². The van der Waals surface area contributed by atoms with E-state index in [4.69, 9.17) is 4.98 Å². The van der Waals surface area contributed by atoms with Gasteiger partial charge < -0.3 is 4.90 Å². The maximum atomic E-state index is 5.06. The molecule has 31 heavy (non-hydrogen) atoms. The van der Waals surface area contributed by atoms with Gasteiger partial charge in [-0.05, 0) is 59.4 Å². The highest BCUT2D eigenvalue weighted by Crippen LogP contribution is 2.46. The predicted octanol–water partition coefficient (Wildman–Crippen LogP) is 5.74. The van der Waals surface area contributed by atoms with Gasteiger partial charge in [0.2, 0.25) is 0 Å². The largest absolute Gasteiger partial charge is 0.354 e. The van der Waals surface area contributed by atoms with Crippen LogP contribution >= 0.6 is 0 Å². The number of aryl methyl sites for hydroxylation is 2. The minimum absolute atomic E-state index is 0.364. The standard InChI is InChI=1S/C28H27N3/c1-19-11-12-21-18-20(2)28(29-26(21)17-19)31-15-13-30(14-16-31)27-24-9-5-3-7-22(24)23-8-4-6-10-25(23)27/h3-12,17-18,27H,13-16H2,1-2H3. The number of fused-ring (bicyclic) bond motifs is 4. The molecule has 6 rings (SSSR count). The number of rotatable bonds is 2. The van der Waals surface area contributed by atoms with Crippen molar-refractivity contribution < 1.29 is 0 Å². The molecule has 154 valence electrons. The molecule has 4 aromatic rings. The first-order valence-electron chi connectivity index (χ1n) is 11.2. The highest BCUT2D eigenvalue weighted by molar-refractivity contribution is 5.82. The molecule has 0 saturated carbocycles. The van der Waals surface area contributed by atoms with Gasteiger partial charge in [-0.1, -0.05) is 60.7 Å². The maximum Gasteiger partial charge on any atom is 0.132 e. The first kappa shape index (κ1) is 18.6. The fourth-order valence-corrected chi connectivity index (χ4v) is 5.41. The van der Waals surface area contributed by atoms with Crippen LogP contribution in [-0.4, -0.2) is 36.1 Å². The second-order valence-electron chi connectivity index (χ2n) is 8.93. The fourth-order valence-electron chi connectivity index (χ4n) is 5.41. The number of piperazine rings is 1. The molecule has 0 radical (unpaired) electrons. The van der Waals surface area contributed by atoms with Crippen LogP contribution in [0.15, 0.2) is 72.8 Å². The van der Waals surface area contributed by atoms with Gasteiger partial charge in [0.25, 0.3) is 0 Å². The van der Waals surface area contributed by atoms with Crippen LogP contribution < -0.4 is 4.90 Å². The number of nitrogens with zero attached hydrogens (tertiary/aromatic N) is 3. The van der Waals surface area contributed by atoms with Crippen LogP contribution in [0.2, 0.25) is 0 Å². The summed E-state index contributed by atoms with van der Waals surface area (Å²) in [5.74, 6) is 1.14. The van der Waals surface area contributed by atoms with E-state index in [1.807, 2.05) is 0 Å². The molecule has 1 aliphatic heterocycles. The van der Waals surface area contributed by atoms with Gasteiger partial charge in [0.05, 0.1) is 11.6 Å². The normalized spacial score (nSPS) is 16.5. The summed E-state index contributed by atoms with van der Waals surface area (Å²) >= 11 is 0. The van der Waals surface area contributed by atoms with Gasteiger partial charge in [-0.25, -0.2) is 4.98 Å². The third kappa shape index (κ3) is 3.03. The molecule has 2 aliphatic rings. The second-order valence-corrected chi connectivity index (χ2v) is 8.93. The van der Waals surface area contributed by atoms with E-state index < -0.39 is 0 Å². The Balaban J connectivity index is 1.29. The third-order valence-electron chi connectivity index (χ3n) is 6.92. The molecule has 0 amide bonds. The Morgan fingerprint density at radius 1 is 0.742 bits per heavy atom. The van der Waals surface area contributed by atoms with Gasteiger partial charge >= 0.3 is 0 Å². The molecule has 1 aromatic heterocycles. The Labute approximate surface area is 184 Å². The fraction of sp³-hybridized carbons (Fsp3) is 0.250. The predicted molar refractivity (Wildman–Crippen MR) is 129 cm³/mol. The Hall–Kier alpha value is -3.17. The van der Waals surface area contributed by atoms with Crippen LogP contribution in [-0.2, 0) is 0 Å². The van der Waals surface area contributed by atoms with Crippen molar-refractivity contribution in [1.82, 2.24) is 9.88 Å². The second kappa shape index (κ2) is 7.21. The molecule has 0 atom stereocenters. The van der Waals surface area contributed by atoms with E-state index in [2.05, 4.69) is 96.4 Å². The molecular formula is C28H27N3. The van der Waals surface area contributed by atoms with E-state index in [-0.39, 0.29) is 0 Å². The zero-order chi connectivity index (χ0) is 20.9. The molecule has 1 aliphatic carbocycles. The quantitative estimate of drug-likeness (QED) is 0.424. The van der Waals surface area contributed by atoms with Gasteiger partial charge in [0.1, 0.15) is 5.82 Å². The summed E-state index contributed by atoms with van der Waals surface area (Å²) in [5.41, 5.74) is 9.32. The summed E-state index contributed by atoms with van der Waals surface area (Å²) in [6, 6.07) is 27.0. The van der Waals surface area contributed by atoms with Crippen molar-refractivity contribution in [3.63, 3.8) is 0 Å². The van der Waals surface area contributed by atoms with Crippen molar-refractivity contribution >= 4 is 16.7 Å². The molecule has 3 aromatic carbocycles. The third-order valence-corrected chi connectivity index (χ3v) is 6.92. The van der Waals surface area contributed by atoms with Crippen LogP contribution in [0.5, 0.6) is 0 Å².